The second-order valence-corrected chi connectivity index (χ2v) is 4.36. The van der Waals surface area contributed by atoms with Crippen LogP contribution in [0.2, 0.25) is 0 Å². The Labute approximate surface area is 102 Å². The van der Waals surface area contributed by atoms with Gasteiger partial charge in [0.2, 0.25) is 0 Å². The van der Waals surface area contributed by atoms with Gasteiger partial charge >= 0.3 is 0 Å². The third-order valence-electron chi connectivity index (χ3n) is 2.95. The molecule has 3 heteroatoms. The van der Waals surface area contributed by atoms with Gasteiger partial charge in [-0.05, 0) is 43.9 Å². The highest BCUT2D eigenvalue weighted by molar-refractivity contribution is 5.45. The Morgan fingerprint density at radius 3 is 2.29 bits per heavy atom. The monoisotopic (exact) mass is 229 g/mol. The summed E-state index contributed by atoms with van der Waals surface area (Å²) in [5.74, 6) is 0. The number of aromatic amines is 1. The topological polar surface area (TPSA) is 31.1 Å². The van der Waals surface area contributed by atoms with Crippen LogP contribution < -0.4 is 5.32 Å². The number of nitrogens with one attached hydrogen (secondary N) is 2. The van der Waals surface area contributed by atoms with Gasteiger partial charge in [-0.3, -0.25) is 4.90 Å². The Hall–Kier alpha value is -1.74. The summed E-state index contributed by atoms with van der Waals surface area (Å²) >= 11 is 0. The van der Waals surface area contributed by atoms with Gasteiger partial charge in [-0.15, -0.1) is 0 Å². The van der Waals surface area contributed by atoms with Crippen LogP contribution in [0.25, 0.3) is 0 Å². The number of rotatable bonds is 4. The van der Waals surface area contributed by atoms with E-state index in [1.807, 2.05) is 19.3 Å². The third kappa shape index (κ3) is 2.50. The summed E-state index contributed by atoms with van der Waals surface area (Å²) in [6.45, 7) is 0. The fourth-order valence-corrected chi connectivity index (χ4v) is 2.10. The Morgan fingerprint density at radius 1 is 1.12 bits per heavy atom. The van der Waals surface area contributed by atoms with Gasteiger partial charge in [-0.25, -0.2) is 0 Å². The summed E-state index contributed by atoms with van der Waals surface area (Å²) in [7, 11) is 6.12. The fourth-order valence-electron chi connectivity index (χ4n) is 2.10. The Kier molecular flexibility index (Phi) is 3.49. The minimum absolute atomic E-state index is 0.274. The molecule has 0 spiro atoms. The predicted molar refractivity (Wildman–Crippen MR) is 72.3 cm³/mol. The predicted octanol–water partition coefficient (Wildman–Crippen LogP) is 2.71. The van der Waals surface area contributed by atoms with Crippen molar-refractivity contribution < 1.29 is 0 Å². The Morgan fingerprint density at radius 2 is 1.82 bits per heavy atom. The molecule has 0 aliphatic carbocycles. The smallest absolute Gasteiger partial charge is 0.0749 e. The number of aromatic nitrogens is 1. The molecule has 1 atom stereocenters. The van der Waals surface area contributed by atoms with Crippen LogP contribution in [-0.4, -0.2) is 31.0 Å². The van der Waals surface area contributed by atoms with Gasteiger partial charge in [-0.2, -0.15) is 0 Å². The lowest BCUT2D eigenvalue weighted by atomic mass is 10.0. The van der Waals surface area contributed by atoms with Gasteiger partial charge in [-0.1, -0.05) is 12.1 Å². The molecular formula is C14H19N3. The maximum absolute atomic E-state index is 3.29. The molecule has 17 heavy (non-hydrogen) atoms. The van der Waals surface area contributed by atoms with Crippen LogP contribution in [0.1, 0.15) is 17.3 Å². The highest BCUT2D eigenvalue weighted by Crippen LogP contribution is 2.26. The number of benzene rings is 1. The average Bonchev–Trinajstić information content (AvgIpc) is 2.83. The number of nitrogens with zero attached hydrogens (tertiary/aromatic N) is 1. The van der Waals surface area contributed by atoms with E-state index in [0.717, 1.165) is 5.69 Å². The normalized spacial score (nSPS) is 12.7. The van der Waals surface area contributed by atoms with Crippen molar-refractivity contribution in [3.8, 4) is 0 Å². The van der Waals surface area contributed by atoms with E-state index >= 15 is 0 Å². The molecule has 2 rings (SSSR count). The maximum Gasteiger partial charge on any atom is 0.0749 e. The van der Waals surface area contributed by atoms with E-state index in [4.69, 9.17) is 0 Å². The third-order valence-corrected chi connectivity index (χ3v) is 2.95. The van der Waals surface area contributed by atoms with Crippen molar-refractivity contribution in [1.82, 2.24) is 9.88 Å². The molecule has 0 bridgehead atoms. The summed E-state index contributed by atoms with van der Waals surface area (Å²) in [4.78, 5) is 5.50. The van der Waals surface area contributed by atoms with Crippen LogP contribution in [0.3, 0.4) is 0 Å². The molecule has 0 saturated heterocycles. The van der Waals surface area contributed by atoms with E-state index in [1.165, 1.54) is 11.3 Å². The average molecular weight is 229 g/mol. The molecule has 1 aromatic heterocycles. The van der Waals surface area contributed by atoms with Crippen LogP contribution in [-0.2, 0) is 0 Å². The second kappa shape index (κ2) is 5.06. The van der Waals surface area contributed by atoms with E-state index in [2.05, 4.69) is 59.6 Å². The molecule has 0 aliphatic heterocycles. The summed E-state index contributed by atoms with van der Waals surface area (Å²) in [5, 5.41) is 3.14. The quantitative estimate of drug-likeness (QED) is 0.844. The zero-order valence-electron chi connectivity index (χ0n) is 10.6. The zero-order chi connectivity index (χ0) is 12.3. The standard InChI is InChI=1S/C14H19N3/c1-15-12-8-6-11(7-9-12)14(17(2)3)13-5-4-10-16-13/h4-10,14-16H,1-3H3. The van der Waals surface area contributed by atoms with E-state index in [0.29, 0.717) is 0 Å². The molecule has 2 aromatic rings. The number of hydrogen-bond donors (Lipinski definition) is 2. The number of anilines is 1. The van der Waals surface area contributed by atoms with E-state index in [9.17, 15) is 0 Å². The van der Waals surface area contributed by atoms with Gasteiger partial charge in [0, 0.05) is 24.6 Å². The van der Waals surface area contributed by atoms with Crippen LogP contribution in [0, 0.1) is 0 Å². The largest absolute Gasteiger partial charge is 0.388 e. The van der Waals surface area contributed by atoms with Gasteiger partial charge in [0.05, 0.1) is 6.04 Å². The molecule has 1 aromatic carbocycles. The highest BCUT2D eigenvalue weighted by Gasteiger charge is 2.16. The van der Waals surface area contributed by atoms with Crippen LogP contribution in [0.5, 0.6) is 0 Å². The second-order valence-electron chi connectivity index (χ2n) is 4.36. The van der Waals surface area contributed by atoms with Crippen molar-refractivity contribution in [2.24, 2.45) is 0 Å². The van der Waals surface area contributed by atoms with Gasteiger partial charge in [0.25, 0.3) is 0 Å². The minimum atomic E-state index is 0.274. The Balaban J connectivity index is 2.33. The molecule has 3 nitrogen and oxygen atoms in total. The summed E-state index contributed by atoms with van der Waals surface area (Å²) < 4.78 is 0. The lowest BCUT2D eigenvalue weighted by Crippen LogP contribution is -2.21. The molecule has 1 unspecified atom stereocenters. The minimum Gasteiger partial charge on any atom is -0.388 e. The van der Waals surface area contributed by atoms with Gasteiger partial charge < -0.3 is 10.3 Å². The van der Waals surface area contributed by atoms with Crippen LogP contribution in [0.4, 0.5) is 5.69 Å². The van der Waals surface area contributed by atoms with Crippen molar-refractivity contribution in [2.75, 3.05) is 26.5 Å². The molecular weight excluding hydrogens is 210 g/mol. The summed E-state index contributed by atoms with van der Waals surface area (Å²) in [6, 6.07) is 13.0. The zero-order valence-corrected chi connectivity index (χ0v) is 10.6. The SMILES string of the molecule is CNc1ccc(C(c2ccc[nH]2)N(C)C)cc1. The fraction of sp³-hybridized carbons (Fsp3) is 0.286. The van der Waals surface area contributed by atoms with Crippen molar-refractivity contribution in [1.29, 1.82) is 0 Å². The van der Waals surface area contributed by atoms with E-state index in [1.54, 1.807) is 0 Å². The highest BCUT2D eigenvalue weighted by atomic mass is 15.1. The summed E-state index contributed by atoms with van der Waals surface area (Å²) in [6.07, 6.45) is 1.97. The van der Waals surface area contributed by atoms with Crippen LogP contribution >= 0.6 is 0 Å². The van der Waals surface area contributed by atoms with E-state index < -0.39 is 0 Å². The molecule has 90 valence electrons. The van der Waals surface area contributed by atoms with E-state index in [-0.39, 0.29) is 6.04 Å². The van der Waals surface area contributed by atoms with Crippen LogP contribution in [0.15, 0.2) is 42.6 Å². The van der Waals surface area contributed by atoms with Crippen molar-refractivity contribution in [3.05, 3.63) is 53.9 Å². The maximum atomic E-state index is 3.29. The first-order chi connectivity index (χ1) is 8.22. The first-order valence-electron chi connectivity index (χ1n) is 5.80. The van der Waals surface area contributed by atoms with Crippen molar-refractivity contribution >= 4 is 5.69 Å². The molecule has 0 amide bonds. The molecule has 0 fully saturated rings. The first kappa shape index (κ1) is 11.7. The summed E-state index contributed by atoms with van der Waals surface area (Å²) in [5.41, 5.74) is 3.64. The van der Waals surface area contributed by atoms with Crippen molar-refractivity contribution in [2.45, 2.75) is 6.04 Å². The molecule has 2 N–H and O–H groups in total. The molecule has 0 aliphatic rings. The lowest BCUT2D eigenvalue weighted by Gasteiger charge is -2.24. The molecule has 0 radical (unpaired) electrons. The Bertz CT molecular complexity index is 443. The first-order valence-corrected chi connectivity index (χ1v) is 5.80. The lowest BCUT2D eigenvalue weighted by molar-refractivity contribution is 0.337. The van der Waals surface area contributed by atoms with Gasteiger partial charge in [0.15, 0.2) is 0 Å². The molecule has 0 saturated carbocycles. The number of H-pyrrole nitrogens is 1. The number of hydrogen-bond acceptors (Lipinski definition) is 2. The van der Waals surface area contributed by atoms with Crippen molar-refractivity contribution in [3.63, 3.8) is 0 Å². The van der Waals surface area contributed by atoms with Gasteiger partial charge in [0.1, 0.15) is 0 Å². The molecule has 1 heterocycles.